The van der Waals surface area contributed by atoms with Crippen LogP contribution < -0.4 is 10.6 Å². The predicted octanol–water partition coefficient (Wildman–Crippen LogP) is 2.90. The fraction of sp³-hybridized carbons (Fsp3) is 0.333. The zero-order valence-corrected chi connectivity index (χ0v) is 17.3. The minimum absolute atomic E-state index is 0.265. The van der Waals surface area contributed by atoms with Gasteiger partial charge in [0.15, 0.2) is 0 Å². The van der Waals surface area contributed by atoms with Gasteiger partial charge < -0.3 is 20.1 Å². The molecule has 30 heavy (non-hydrogen) atoms. The molecule has 1 aliphatic rings. The van der Waals surface area contributed by atoms with Crippen LogP contribution in [0.4, 0.5) is 9.80 Å². The number of nitrogens with one attached hydrogen (secondary N) is 2. The monoisotopic (exact) mass is 426 g/mol. The number of alkyl carbamates (subject to hydrolysis) is 1. The van der Waals surface area contributed by atoms with Crippen molar-refractivity contribution in [1.82, 2.24) is 10.3 Å². The zero-order valence-electron chi connectivity index (χ0n) is 16.5. The van der Waals surface area contributed by atoms with Crippen LogP contribution in [0.1, 0.15) is 28.0 Å². The van der Waals surface area contributed by atoms with E-state index in [4.69, 9.17) is 9.47 Å². The number of hydrogen-bond acceptors (Lipinski definition) is 7. The molecule has 0 saturated heterocycles. The Hall–Kier alpha value is -3.22. The van der Waals surface area contributed by atoms with Crippen molar-refractivity contribution in [3.63, 3.8) is 0 Å². The maximum Gasteiger partial charge on any atom is 0.407 e. The summed E-state index contributed by atoms with van der Waals surface area (Å²) < 4.78 is 10.3. The van der Waals surface area contributed by atoms with Gasteiger partial charge in [-0.15, -0.1) is 11.3 Å². The largest absolute Gasteiger partial charge is 0.446 e. The lowest BCUT2D eigenvalue weighted by Gasteiger charge is -2.22. The Morgan fingerprint density at radius 3 is 3.07 bits per heavy atom. The molecule has 1 unspecified atom stereocenters. The van der Waals surface area contributed by atoms with Crippen molar-refractivity contribution in [1.29, 1.82) is 5.26 Å². The summed E-state index contributed by atoms with van der Waals surface area (Å²) in [6, 6.07) is 5.83. The number of anilines is 1. The third-order valence-electron chi connectivity index (χ3n) is 4.53. The summed E-state index contributed by atoms with van der Waals surface area (Å²) in [4.78, 5) is 29.1. The molecule has 1 atom stereocenters. The molecule has 8 nitrogen and oxygen atoms in total. The van der Waals surface area contributed by atoms with Crippen LogP contribution in [0.15, 0.2) is 30.6 Å². The first-order chi connectivity index (χ1) is 14.6. The van der Waals surface area contributed by atoms with Crippen molar-refractivity contribution >= 4 is 34.4 Å². The number of thiophene rings is 1. The third kappa shape index (κ3) is 5.65. The number of aromatic nitrogens is 1. The van der Waals surface area contributed by atoms with E-state index in [-0.39, 0.29) is 12.0 Å². The van der Waals surface area contributed by atoms with Gasteiger partial charge in [0.2, 0.25) is 5.91 Å². The molecule has 2 aromatic rings. The summed E-state index contributed by atoms with van der Waals surface area (Å²) in [5, 5.41) is 15.5. The Kier molecular flexibility index (Phi) is 7.54. The topological polar surface area (TPSA) is 113 Å². The van der Waals surface area contributed by atoms with Gasteiger partial charge in [-0.1, -0.05) is 6.07 Å². The van der Waals surface area contributed by atoms with Crippen LogP contribution in [0.2, 0.25) is 0 Å². The van der Waals surface area contributed by atoms with E-state index in [9.17, 15) is 14.9 Å². The lowest BCUT2D eigenvalue weighted by atomic mass is 9.94. The number of rotatable bonds is 7. The van der Waals surface area contributed by atoms with Crippen molar-refractivity contribution in [3.05, 3.63) is 52.2 Å². The van der Waals surface area contributed by atoms with E-state index >= 15 is 0 Å². The highest BCUT2D eigenvalue weighted by Gasteiger charge is 2.28. The molecule has 0 fully saturated rings. The Balaban J connectivity index is 1.63. The number of fused-ring (bicyclic) bond motifs is 1. The number of ether oxygens (including phenoxy) is 2. The maximum atomic E-state index is 12.3. The van der Waals surface area contributed by atoms with Gasteiger partial charge >= 0.3 is 6.09 Å². The van der Waals surface area contributed by atoms with Gasteiger partial charge in [-0.25, -0.2) is 4.79 Å². The molecular formula is C21H22N4O4S. The van der Waals surface area contributed by atoms with Crippen molar-refractivity contribution in [2.45, 2.75) is 25.4 Å². The van der Waals surface area contributed by atoms with Crippen LogP contribution in [0, 0.1) is 11.3 Å². The van der Waals surface area contributed by atoms with Gasteiger partial charge in [-0.3, -0.25) is 9.78 Å². The fourth-order valence-electron chi connectivity index (χ4n) is 3.11. The molecule has 2 aromatic heterocycles. The average molecular weight is 426 g/mol. The molecule has 2 amide bonds. The number of hydrogen-bond donors (Lipinski definition) is 2. The lowest BCUT2D eigenvalue weighted by molar-refractivity contribution is -0.111. The third-order valence-corrected chi connectivity index (χ3v) is 5.70. The van der Waals surface area contributed by atoms with Crippen molar-refractivity contribution in [2.24, 2.45) is 0 Å². The molecular weight excluding hydrogens is 404 g/mol. The Labute approximate surface area is 178 Å². The predicted molar refractivity (Wildman–Crippen MR) is 113 cm³/mol. The van der Waals surface area contributed by atoms with E-state index in [1.165, 1.54) is 17.4 Å². The summed E-state index contributed by atoms with van der Waals surface area (Å²) in [7, 11) is 1.56. The fourth-order valence-corrected chi connectivity index (χ4v) is 4.38. The number of carbonyl (C=O) groups is 2. The Morgan fingerprint density at radius 1 is 1.47 bits per heavy atom. The van der Waals surface area contributed by atoms with E-state index in [0.29, 0.717) is 43.0 Å². The highest BCUT2D eigenvalue weighted by Crippen LogP contribution is 2.38. The Morgan fingerprint density at radius 2 is 2.33 bits per heavy atom. The molecule has 0 radical (unpaired) electrons. The van der Waals surface area contributed by atoms with Crippen LogP contribution in [0.3, 0.4) is 0 Å². The van der Waals surface area contributed by atoms with Gasteiger partial charge in [-0.2, -0.15) is 5.26 Å². The van der Waals surface area contributed by atoms with Crippen molar-refractivity contribution < 1.29 is 19.1 Å². The lowest BCUT2D eigenvalue weighted by Crippen LogP contribution is -2.33. The second kappa shape index (κ2) is 10.5. The number of methoxy groups -OCH3 is 1. The van der Waals surface area contributed by atoms with Crippen molar-refractivity contribution in [2.75, 3.05) is 25.6 Å². The molecule has 156 valence electrons. The average Bonchev–Trinajstić information content (AvgIpc) is 3.09. The highest BCUT2D eigenvalue weighted by molar-refractivity contribution is 7.16. The van der Waals surface area contributed by atoms with Crippen LogP contribution in [-0.4, -0.2) is 43.3 Å². The molecule has 2 heterocycles. The van der Waals surface area contributed by atoms with E-state index in [0.717, 1.165) is 16.0 Å². The maximum absolute atomic E-state index is 12.3. The van der Waals surface area contributed by atoms with E-state index < -0.39 is 6.09 Å². The quantitative estimate of drug-likeness (QED) is 0.520. The molecule has 9 heteroatoms. The normalized spacial score (nSPS) is 15.3. The minimum atomic E-state index is -0.480. The SMILES string of the molecule is COCCNC(=O)OC1CCc2c(sc(NC(=O)/C=C/c3cccnc3)c2C#N)C1. The second-order valence-corrected chi connectivity index (χ2v) is 7.72. The van der Waals surface area contributed by atoms with Crippen LogP contribution in [-0.2, 0) is 27.1 Å². The summed E-state index contributed by atoms with van der Waals surface area (Å²) in [6.07, 6.45) is 7.41. The van der Waals surface area contributed by atoms with Crippen molar-refractivity contribution in [3.8, 4) is 6.07 Å². The van der Waals surface area contributed by atoms with Gasteiger partial charge in [-0.05, 0) is 36.1 Å². The number of nitriles is 1. The molecule has 3 rings (SSSR count). The minimum Gasteiger partial charge on any atom is -0.446 e. The summed E-state index contributed by atoms with van der Waals surface area (Å²) >= 11 is 1.36. The molecule has 1 aliphatic carbocycles. The highest BCUT2D eigenvalue weighted by atomic mass is 32.1. The van der Waals surface area contributed by atoms with Crippen LogP contribution in [0.5, 0.6) is 0 Å². The molecule has 0 saturated carbocycles. The molecule has 2 N–H and O–H groups in total. The van der Waals surface area contributed by atoms with Gasteiger partial charge in [0.25, 0.3) is 0 Å². The van der Waals surface area contributed by atoms with Crippen LogP contribution in [0.25, 0.3) is 6.08 Å². The second-order valence-electron chi connectivity index (χ2n) is 6.62. The van der Waals surface area contributed by atoms with E-state index in [1.54, 1.807) is 31.6 Å². The number of carbonyl (C=O) groups excluding carboxylic acids is 2. The molecule has 0 bridgehead atoms. The van der Waals surface area contributed by atoms with Gasteiger partial charge in [0, 0.05) is 43.4 Å². The number of nitrogens with zero attached hydrogens (tertiary/aromatic N) is 2. The summed E-state index contributed by atoms with van der Waals surface area (Å²) in [6.45, 7) is 0.798. The van der Waals surface area contributed by atoms with Crippen LogP contribution >= 0.6 is 11.3 Å². The van der Waals surface area contributed by atoms with E-state index in [1.807, 2.05) is 6.07 Å². The van der Waals surface area contributed by atoms with Gasteiger partial charge in [0.05, 0.1) is 12.2 Å². The number of pyridine rings is 1. The molecule has 0 aliphatic heterocycles. The van der Waals surface area contributed by atoms with Gasteiger partial charge in [0.1, 0.15) is 17.2 Å². The first-order valence-corrected chi connectivity index (χ1v) is 10.3. The zero-order chi connectivity index (χ0) is 21.3. The standard InChI is InChI=1S/C21H22N4O4S/c1-28-10-9-24-21(27)29-15-5-6-16-17(12-22)20(30-18(16)11-15)25-19(26)7-4-14-3-2-8-23-13-14/h2-4,7-8,13,15H,5-6,9-11H2,1H3,(H,24,27)(H,25,26)/b7-4+. The first kappa shape index (κ1) is 21.5. The molecule has 0 spiro atoms. The van der Waals surface area contributed by atoms with E-state index in [2.05, 4.69) is 21.7 Å². The Bertz CT molecular complexity index is 965. The smallest absolute Gasteiger partial charge is 0.407 e. The molecule has 0 aromatic carbocycles. The summed E-state index contributed by atoms with van der Waals surface area (Å²) in [5.41, 5.74) is 2.22. The summed E-state index contributed by atoms with van der Waals surface area (Å²) in [5.74, 6) is -0.320. The number of amides is 2. The first-order valence-electron chi connectivity index (χ1n) is 9.48.